The van der Waals surface area contributed by atoms with E-state index in [0.29, 0.717) is 25.8 Å². The van der Waals surface area contributed by atoms with Crippen molar-refractivity contribution in [3.63, 3.8) is 0 Å². The molecule has 188 valence electrons. The first-order chi connectivity index (χ1) is 15.3. The van der Waals surface area contributed by atoms with Crippen molar-refractivity contribution in [1.82, 2.24) is 21.1 Å². The molecular formula is C21H33Cl3N4O5. The number of amides is 3. The summed E-state index contributed by atoms with van der Waals surface area (Å²) < 4.78 is 3.25. The maximum atomic E-state index is 12.9. The lowest BCUT2D eigenvalue weighted by Gasteiger charge is -2.34. The van der Waals surface area contributed by atoms with Gasteiger partial charge in [0.25, 0.3) is 5.91 Å². The van der Waals surface area contributed by atoms with Crippen LogP contribution in [0.3, 0.4) is 0 Å². The predicted molar refractivity (Wildman–Crippen MR) is 127 cm³/mol. The highest BCUT2D eigenvalue weighted by Crippen LogP contribution is 2.26. The largest absolute Gasteiger partial charge is 0.460 e. The molecule has 0 aromatic rings. The van der Waals surface area contributed by atoms with Gasteiger partial charge in [-0.3, -0.25) is 24.2 Å². The molecule has 4 atom stereocenters. The molecule has 12 heteroatoms. The quantitative estimate of drug-likeness (QED) is 0.228. The second kappa shape index (κ2) is 13.4. The minimum Gasteiger partial charge on any atom is -0.460 e. The van der Waals surface area contributed by atoms with E-state index in [1.165, 1.54) is 11.9 Å². The van der Waals surface area contributed by atoms with Crippen LogP contribution in [0.25, 0.3) is 0 Å². The maximum Gasteiger partial charge on any atom is 0.325 e. The molecule has 1 unspecified atom stereocenters. The van der Waals surface area contributed by atoms with Crippen LogP contribution in [-0.4, -0.2) is 63.8 Å². The number of carbonyl (C=O) groups is 4. The van der Waals surface area contributed by atoms with Gasteiger partial charge in [-0.15, -0.1) is 6.58 Å². The first-order valence-corrected chi connectivity index (χ1v) is 11.9. The topological polar surface area (TPSA) is 117 Å². The molecule has 0 spiro atoms. The number of hydrogen-bond acceptors (Lipinski definition) is 6. The molecule has 1 aliphatic heterocycles. The zero-order valence-electron chi connectivity index (χ0n) is 19.3. The summed E-state index contributed by atoms with van der Waals surface area (Å²) in [6, 6.07) is -2.49. The van der Waals surface area contributed by atoms with Crippen LogP contribution >= 0.6 is 34.8 Å². The SMILES string of the molecule is C=CC[C@@H](C)C(=O)NC(C(=O)N[C@@H](C)C(=O)N1CCC[C@@H](C(=O)OCC(Cl)(Cl)Cl)N1)C(C)C. The molecule has 1 aliphatic rings. The molecule has 1 saturated heterocycles. The third kappa shape index (κ3) is 10.1. The van der Waals surface area contributed by atoms with Gasteiger partial charge in [-0.05, 0) is 32.1 Å². The average molecular weight is 528 g/mol. The monoisotopic (exact) mass is 526 g/mol. The average Bonchev–Trinajstić information content (AvgIpc) is 2.74. The van der Waals surface area contributed by atoms with E-state index in [9.17, 15) is 19.2 Å². The number of hydrogen-bond donors (Lipinski definition) is 3. The fourth-order valence-electron chi connectivity index (χ4n) is 3.15. The Labute approximate surface area is 209 Å². The van der Waals surface area contributed by atoms with Crippen LogP contribution in [-0.2, 0) is 23.9 Å². The second-order valence-electron chi connectivity index (χ2n) is 8.42. The number of allylic oxidation sites excluding steroid dienone is 1. The third-order valence-electron chi connectivity index (χ3n) is 5.06. The van der Waals surface area contributed by atoms with Crippen molar-refractivity contribution >= 4 is 58.5 Å². The van der Waals surface area contributed by atoms with Crippen LogP contribution in [0.15, 0.2) is 12.7 Å². The zero-order valence-corrected chi connectivity index (χ0v) is 21.6. The molecule has 1 heterocycles. The van der Waals surface area contributed by atoms with Gasteiger partial charge in [-0.1, -0.05) is 61.7 Å². The smallest absolute Gasteiger partial charge is 0.325 e. The molecule has 0 radical (unpaired) electrons. The number of ether oxygens (including phenoxy) is 1. The Kier molecular flexibility index (Phi) is 11.9. The molecule has 0 aliphatic carbocycles. The van der Waals surface area contributed by atoms with E-state index in [4.69, 9.17) is 39.5 Å². The molecule has 0 aromatic carbocycles. The number of nitrogens with one attached hydrogen (secondary N) is 3. The van der Waals surface area contributed by atoms with Crippen molar-refractivity contribution in [3.8, 4) is 0 Å². The lowest BCUT2D eigenvalue weighted by atomic mass is 10.0. The summed E-state index contributed by atoms with van der Waals surface area (Å²) in [6.45, 7) is 10.4. The van der Waals surface area contributed by atoms with E-state index in [0.717, 1.165) is 0 Å². The highest BCUT2D eigenvalue weighted by Gasteiger charge is 2.34. The Morgan fingerprint density at radius 1 is 1.15 bits per heavy atom. The number of alkyl halides is 3. The Morgan fingerprint density at radius 3 is 2.33 bits per heavy atom. The minimum atomic E-state index is -1.73. The second-order valence-corrected chi connectivity index (χ2v) is 10.9. The molecule has 3 N–H and O–H groups in total. The summed E-state index contributed by atoms with van der Waals surface area (Å²) in [4.78, 5) is 50.2. The molecule has 0 saturated carbocycles. The lowest BCUT2D eigenvalue weighted by molar-refractivity contribution is -0.152. The summed E-state index contributed by atoms with van der Waals surface area (Å²) in [6.07, 6.45) is 3.10. The molecule has 33 heavy (non-hydrogen) atoms. The van der Waals surface area contributed by atoms with Gasteiger partial charge in [-0.25, -0.2) is 5.43 Å². The van der Waals surface area contributed by atoms with E-state index in [2.05, 4.69) is 22.6 Å². The standard InChI is InChI=1S/C21H33Cl3N4O5/c1-6-8-13(4)17(29)26-16(12(2)3)18(30)25-14(5)19(31)28-10-7-9-15(27-28)20(32)33-11-21(22,23)24/h6,12-16,27H,1,7-11H2,2-5H3,(H,25,30)(H,26,29)/t13-,14+,15+,16?/m1/s1. The number of hydrazine groups is 1. The number of carbonyl (C=O) groups excluding carboxylic acids is 4. The van der Waals surface area contributed by atoms with Gasteiger partial charge < -0.3 is 15.4 Å². The van der Waals surface area contributed by atoms with Crippen molar-refractivity contribution in [3.05, 3.63) is 12.7 Å². The predicted octanol–water partition coefficient (Wildman–Crippen LogP) is 2.25. The fourth-order valence-corrected chi connectivity index (χ4v) is 3.32. The summed E-state index contributed by atoms with van der Waals surface area (Å²) in [7, 11) is 0. The third-order valence-corrected chi connectivity index (χ3v) is 5.39. The summed E-state index contributed by atoms with van der Waals surface area (Å²) in [5.74, 6) is -2.34. The number of nitrogens with zero attached hydrogens (tertiary/aromatic N) is 1. The van der Waals surface area contributed by atoms with Crippen LogP contribution in [0.1, 0.15) is 47.0 Å². The van der Waals surface area contributed by atoms with Crippen LogP contribution < -0.4 is 16.1 Å². The zero-order chi connectivity index (χ0) is 25.3. The van der Waals surface area contributed by atoms with Gasteiger partial charge in [0.1, 0.15) is 24.7 Å². The van der Waals surface area contributed by atoms with Crippen molar-refractivity contribution < 1.29 is 23.9 Å². The van der Waals surface area contributed by atoms with Crippen LogP contribution in [0, 0.1) is 11.8 Å². The van der Waals surface area contributed by atoms with E-state index in [1.54, 1.807) is 26.8 Å². The molecule has 9 nitrogen and oxygen atoms in total. The Hall–Kier alpha value is -1.55. The first-order valence-electron chi connectivity index (χ1n) is 10.8. The molecule has 0 aromatic heterocycles. The van der Waals surface area contributed by atoms with Crippen LogP contribution in [0.4, 0.5) is 0 Å². The van der Waals surface area contributed by atoms with Gasteiger partial charge in [0.2, 0.25) is 15.6 Å². The number of rotatable bonds is 10. The molecule has 1 rings (SSSR count). The van der Waals surface area contributed by atoms with Crippen molar-refractivity contribution in [2.24, 2.45) is 11.8 Å². The van der Waals surface area contributed by atoms with Gasteiger partial charge >= 0.3 is 5.97 Å². The summed E-state index contributed by atoms with van der Waals surface area (Å²) in [5, 5.41) is 6.66. The van der Waals surface area contributed by atoms with Gasteiger partial charge in [0.05, 0.1) is 0 Å². The van der Waals surface area contributed by atoms with E-state index < -0.39 is 46.3 Å². The number of esters is 1. The normalized spacial score (nSPS) is 19.3. The molecule has 0 bridgehead atoms. The van der Waals surface area contributed by atoms with E-state index >= 15 is 0 Å². The highest BCUT2D eigenvalue weighted by molar-refractivity contribution is 6.67. The van der Waals surface area contributed by atoms with Gasteiger partial charge in [0, 0.05) is 12.5 Å². The lowest BCUT2D eigenvalue weighted by Crippen LogP contribution is -2.61. The Balaban J connectivity index is 2.70. The van der Waals surface area contributed by atoms with Gasteiger partial charge in [0.15, 0.2) is 0 Å². The first kappa shape index (κ1) is 29.5. The summed E-state index contributed by atoms with van der Waals surface area (Å²) in [5.41, 5.74) is 2.81. The molecular weight excluding hydrogens is 495 g/mol. The molecule has 3 amide bonds. The Morgan fingerprint density at radius 2 is 1.79 bits per heavy atom. The van der Waals surface area contributed by atoms with Crippen LogP contribution in [0.5, 0.6) is 0 Å². The van der Waals surface area contributed by atoms with E-state index in [-0.39, 0.29) is 17.7 Å². The Bertz CT molecular complexity index is 729. The molecule has 1 fully saturated rings. The van der Waals surface area contributed by atoms with Crippen LogP contribution in [0.2, 0.25) is 0 Å². The summed E-state index contributed by atoms with van der Waals surface area (Å²) >= 11 is 16.8. The number of halogens is 3. The maximum absolute atomic E-state index is 12.9. The minimum absolute atomic E-state index is 0.197. The van der Waals surface area contributed by atoms with Crippen molar-refractivity contribution in [2.45, 2.75) is 68.9 Å². The van der Waals surface area contributed by atoms with Crippen molar-refractivity contribution in [1.29, 1.82) is 0 Å². The van der Waals surface area contributed by atoms with E-state index in [1.807, 2.05) is 0 Å². The van der Waals surface area contributed by atoms with Crippen molar-refractivity contribution in [2.75, 3.05) is 13.2 Å². The van der Waals surface area contributed by atoms with Gasteiger partial charge in [-0.2, -0.15) is 0 Å². The fraction of sp³-hybridized carbons (Fsp3) is 0.714. The highest BCUT2D eigenvalue weighted by atomic mass is 35.6.